The van der Waals surface area contributed by atoms with Gasteiger partial charge in [0, 0.05) is 11.9 Å². The molecule has 0 radical (unpaired) electrons. The van der Waals surface area contributed by atoms with Gasteiger partial charge in [-0.1, -0.05) is 25.1 Å². The zero-order valence-corrected chi connectivity index (χ0v) is 10.5. The molecule has 1 aromatic heterocycles. The Morgan fingerprint density at radius 3 is 2.94 bits per heavy atom. The van der Waals surface area contributed by atoms with Crippen molar-refractivity contribution < 1.29 is 0 Å². The maximum Gasteiger partial charge on any atom is 0.0682 e. The largest absolute Gasteiger partial charge is 0.265 e. The average Bonchev–Trinajstić information content (AvgIpc) is 2.70. The second-order valence-electron chi connectivity index (χ2n) is 4.33. The summed E-state index contributed by atoms with van der Waals surface area (Å²) in [6.07, 6.45) is 4.30. The van der Waals surface area contributed by atoms with E-state index in [1.165, 1.54) is 23.7 Å². The zero-order chi connectivity index (χ0) is 11.4. The van der Waals surface area contributed by atoms with Gasteiger partial charge >= 0.3 is 0 Å². The van der Waals surface area contributed by atoms with Gasteiger partial charge in [0.25, 0.3) is 0 Å². The van der Waals surface area contributed by atoms with Crippen molar-refractivity contribution in [3.63, 3.8) is 0 Å². The molecule has 0 amide bonds. The number of nitrogens with zero attached hydrogens (tertiary/aromatic N) is 2. The lowest BCUT2D eigenvalue weighted by atomic mass is 10.1. The van der Waals surface area contributed by atoms with Crippen LogP contribution < -0.4 is 0 Å². The molecule has 2 aromatic rings. The van der Waals surface area contributed by atoms with E-state index in [9.17, 15) is 0 Å². The van der Waals surface area contributed by atoms with E-state index in [0.29, 0.717) is 0 Å². The third-order valence-corrected chi connectivity index (χ3v) is 3.26. The summed E-state index contributed by atoms with van der Waals surface area (Å²) in [4.78, 5) is 0. The minimum atomic E-state index is 0.723. The van der Waals surface area contributed by atoms with Crippen LogP contribution in [0.2, 0.25) is 0 Å². The highest BCUT2D eigenvalue weighted by Crippen LogP contribution is 2.15. The maximum atomic E-state index is 4.42. The van der Waals surface area contributed by atoms with Gasteiger partial charge in [-0.15, -0.1) is 0 Å². The van der Waals surface area contributed by atoms with Crippen LogP contribution >= 0.6 is 12.6 Å². The molecule has 0 aliphatic carbocycles. The Morgan fingerprint density at radius 1 is 1.31 bits per heavy atom. The third kappa shape index (κ3) is 2.59. The zero-order valence-electron chi connectivity index (χ0n) is 9.63. The maximum absolute atomic E-state index is 4.42. The first-order valence-electron chi connectivity index (χ1n) is 5.82. The average molecular weight is 234 g/mol. The van der Waals surface area contributed by atoms with E-state index in [1.54, 1.807) is 0 Å². The number of rotatable bonds is 5. The normalized spacial score (nSPS) is 13.1. The first kappa shape index (κ1) is 11.5. The number of fused-ring (bicyclic) bond motifs is 1. The highest BCUT2D eigenvalue weighted by Gasteiger charge is 2.04. The van der Waals surface area contributed by atoms with E-state index < -0.39 is 0 Å². The molecule has 0 fully saturated rings. The summed E-state index contributed by atoms with van der Waals surface area (Å²) in [7, 11) is 0. The summed E-state index contributed by atoms with van der Waals surface area (Å²) in [6.45, 7) is 3.28. The number of aryl methyl sites for hydroxylation is 1. The minimum absolute atomic E-state index is 0.723. The highest BCUT2D eigenvalue weighted by atomic mass is 32.1. The molecule has 0 N–H and O–H groups in total. The molecule has 16 heavy (non-hydrogen) atoms. The number of benzene rings is 1. The van der Waals surface area contributed by atoms with Crippen LogP contribution in [-0.4, -0.2) is 15.5 Å². The van der Waals surface area contributed by atoms with E-state index in [1.807, 2.05) is 6.20 Å². The van der Waals surface area contributed by atoms with Crippen molar-refractivity contribution in [2.45, 2.75) is 26.3 Å². The van der Waals surface area contributed by atoms with Crippen molar-refractivity contribution in [2.24, 2.45) is 5.92 Å². The van der Waals surface area contributed by atoms with Gasteiger partial charge in [0.2, 0.25) is 0 Å². The molecule has 0 saturated carbocycles. The van der Waals surface area contributed by atoms with Crippen LogP contribution in [0.4, 0.5) is 0 Å². The Labute approximate surface area is 102 Å². The van der Waals surface area contributed by atoms with Crippen LogP contribution in [0.3, 0.4) is 0 Å². The molecule has 1 atom stereocenters. The first-order chi connectivity index (χ1) is 7.81. The number of hydrogen-bond donors (Lipinski definition) is 1. The smallest absolute Gasteiger partial charge is 0.0682 e. The van der Waals surface area contributed by atoms with Crippen LogP contribution in [0.1, 0.15) is 19.8 Å². The molecule has 1 aromatic carbocycles. The number of thiol groups is 1. The molecular weight excluding hydrogens is 216 g/mol. The van der Waals surface area contributed by atoms with Crippen LogP contribution in [0, 0.1) is 5.92 Å². The fourth-order valence-electron chi connectivity index (χ4n) is 1.91. The van der Waals surface area contributed by atoms with E-state index in [2.05, 4.69) is 53.6 Å². The molecule has 0 saturated heterocycles. The summed E-state index contributed by atoms with van der Waals surface area (Å²) in [6, 6.07) is 8.36. The van der Waals surface area contributed by atoms with Crippen molar-refractivity contribution in [3.8, 4) is 0 Å². The van der Waals surface area contributed by atoms with Gasteiger partial charge in [-0.3, -0.25) is 4.68 Å². The predicted octanol–water partition coefficient (Wildman–Crippen LogP) is 3.38. The van der Waals surface area contributed by atoms with Crippen molar-refractivity contribution >= 4 is 23.5 Å². The van der Waals surface area contributed by atoms with Crippen molar-refractivity contribution in [2.75, 3.05) is 5.75 Å². The fraction of sp³-hybridized carbons (Fsp3) is 0.462. The predicted molar refractivity (Wildman–Crippen MR) is 72.0 cm³/mol. The molecule has 1 unspecified atom stereocenters. The van der Waals surface area contributed by atoms with Gasteiger partial charge in [0.15, 0.2) is 0 Å². The first-order valence-corrected chi connectivity index (χ1v) is 6.46. The molecule has 0 bridgehead atoms. The molecule has 0 aliphatic rings. The topological polar surface area (TPSA) is 17.8 Å². The van der Waals surface area contributed by atoms with Crippen LogP contribution in [0.15, 0.2) is 30.5 Å². The van der Waals surface area contributed by atoms with Crippen LogP contribution in [0.25, 0.3) is 10.9 Å². The molecule has 1 heterocycles. The Hall–Kier alpha value is -0.960. The number of aromatic nitrogens is 2. The van der Waals surface area contributed by atoms with Gasteiger partial charge < -0.3 is 0 Å². The number of hydrogen-bond acceptors (Lipinski definition) is 2. The van der Waals surface area contributed by atoms with Crippen molar-refractivity contribution in [3.05, 3.63) is 30.5 Å². The van der Waals surface area contributed by atoms with Gasteiger partial charge in [-0.2, -0.15) is 17.7 Å². The van der Waals surface area contributed by atoms with Crippen LogP contribution in [0.5, 0.6) is 0 Å². The monoisotopic (exact) mass is 234 g/mol. The van der Waals surface area contributed by atoms with Crippen molar-refractivity contribution in [1.29, 1.82) is 0 Å². The summed E-state index contributed by atoms with van der Waals surface area (Å²) in [5.74, 6) is 1.70. The molecule has 0 spiro atoms. The Bertz CT molecular complexity index is 450. The molecule has 86 valence electrons. The lowest BCUT2D eigenvalue weighted by molar-refractivity contribution is 0.458. The SMILES string of the molecule is CC(CCS)CCn1ncc2ccccc21. The van der Waals surface area contributed by atoms with Gasteiger partial charge in [-0.25, -0.2) is 0 Å². The van der Waals surface area contributed by atoms with E-state index in [0.717, 1.165) is 18.2 Å². The fourth-order valence-corrected chi connectivity index (χ4v) is 2.35. The van der Waals surface area contributed by atoms with Gasteiger partial charge in [0.1, 0.15) is 0 Å². The van der Waals surface area contributed by atoms with Crippen molar-refractivity contribution in [1.82, 2.24) is 9.78 Å². The Kier molecular flexibility index (Phi) is 3.88. The molecular formula is C13H18N2S. The van der Waals surface area contributed by atoms with Gasteiger partial charge in [-0.05, 0) is 30.6 Å². The van der Waals surface area contributed by atoms with E-state index in [-0.39, 0.29) is 0 Å². The summed E-state index contributed by atoms with van der Waals surface area (Å²) >= 11 is 4.26. The lowest BCUT2D eigenvalue weighted by Gasteiger charge is -2.10. The summed E-state index contributed by atoms with van der Waals surface area (Å²) in [5, 5.41) is 5.65. The minimum Gasteiger partial charge on any atom is -0.265 e. The molecule has 3 heteroatoms. The van der Waals surface area contributed by atoms with Gasteiger partial charge in [0.05, 0.1) is 11.7 Å². The van der Waals surface area contributed by atoms with Crippen LogP contribution in [-0.2, 0) is 6.54 Å². The standard InChI is InChI=1S/C13H18N2S/c1-11(7-9-16)6-8-15-13-5-3-2-4-12(13)10-14-15/h2-5,10-11,16H,6-9H2,1H3. The molecule has 2 nitrogen and oxygen atoms in total. The number of para-hydroxylation sites is 1. The quantitative estimate of drug-likeness (QED) is 0.785. The van der Waals surface area contributed by atoms with E-state index >= 15 is 0 Å². The highest BCUT2D eigenvalue weighted by molar-refractivity contribution is 7.80. The molecule has 0 aliphatic heterocycles. The Balaban J connectivity index is 2.04. The second-order valence-corrected chi connectivity index (χ2v) is 4.78. The lowest BCUT2D eigenvalue weighted by Crippen LogP contribution is -2.05. The third-order valence-electron chi connectivity index (χ3n) is 3.01. The Morgan fingerprint density at radius 2 is 2.12 bits per heavy atom. The van der Waals surface area contributed by atoms with E-state index in [4.69, 9.17) is 0 Å². The second kappa shape index (κ2) is 5.39. The summed E-state index contributed by atoms with van der Waals surface area (Å²) < 4.78 is 2.10. The molecule has 2 rings (SSSR count). The summed E-state index contributed by atoms with van der Waals surface area (Å²) in [5.41, 5.74) is 1.24.